The molecule has 1 atom stereocenters. The van der Waals surface area contributed by atoms with Gasteiger partial charge in [-0.3, -0.25) is 9.59 Å². The lowest BCUT2D eigenvalue weighted by atomic mass is 10.0. The minimum Gasteiger partial charge on any atom is -0.360 e. The molecule has 1 unspecified atom stereocenters. The fourth-order valence-corrected chi connectivity index (χ4v) is 2.42. The summed E-state index contributed by atoms with van der Waals surface area (Å²) in [6.45, 7) is 0. The minimum absolute atomic E-state index is 0.0117. The molecule has 0 fully saturated rings. The third-order valence-corrected chi connectivity index (χ3v) is 3.63. The van der Waals surface area contributed by atoms with E-state index in [0.717, 1.165) is 10.9 Å². The Labute approximate surface area is 126 Å². The summed E-state index contributed by atoms with van der Waals surface area (Å²) in [7, 11) is 3.23. The summed E-state index contributed by atoms with van der Waals surface area (Å²) in [6, 6.07) is 2.19. The number of fused-ring (bicyclic) bond motifs is 1. The van der Waals surface area contributed by atoms with Gasteiger partial charge in [0.2, 0.25) is 12.3 Å². The normalized spacial score (nSPS) is 12.2. The number of nitrogens with zero attached hydrogens (tertiary/aromatic N) is 1. The molecule has 1 heterocycles. The van der Waals surface area contributed by atoms with Crippen molar-refractivity contribution in [1.82, 2.24) is 15.2 Å². The highest BCUT2D eigenvalue weighted by Crippen LogP contribution is 2.28. The average Bonchev–Trinajstić information content (AvgIpc) is 2.85. The molecule has 0 bridgehead atoms. The quantitative estimate of drug-likeness (QED) is 0.826. The van der Waals surface area contributed by atoms with Crippen molar-refractivity contribution in [1.29, 1.82) is 0 Å². The summed E-state index contributed by atoms with van der Waals surface area (Å²) in [5.41, 5.74) is 1.26. The van der Waals surface area contributed by atoms with Gasteiger partial charge in [-0.1, -0.05) is 11.6 Å². The van der Waals surface area contributed by atoms with Crippen LogP contribution in [0.2, 0.25) is 5.02 Å². The maximum absolute atomic E-state index is 13.4. The molecule has 0 aliphatic heterocycles. The summed E-state index contributed by atoms with van der Waals surface area (Å²) in [5.74, 6) is -0.728. The van der Waals surface area contributed by atoms with Crippen LogP contribution in [0.25, 0.3) is 10.9 Å². The average molecular weight is 312 g/mol. The highest BCUT2D eigenvalue weighted by Gasteiger charge is 2.22. The molecule has 5 nitrogen and oxygen atoms in total. The number of rotatable bonds is 5. The fraction of sp³-hybridized carbons (Fsp3) is 0.286. The van der Waals surface area contributed by atoms with E-state index in [1.54, 1.807) is 26.4 Å². The van der Waals surface area contributed by atoms with Gasteiger partial charge in [0, 0.05) is 32.1 Å². The number of H-pyrrole nitrogens is 1. The molecule has 0 spiro atoms. The molecule has 2 amide bonds. The molecule has 112 valence electrons. The number of carbonyl (C=O) groups is 2. The van der Waals surface area contributed by atoms with Crippen LogP contribution in [0.5, 0.6) is 0 Å². The first-order valence-electron chi connectivity index (χ1n) is 6.30. The number of nitrogens with one attached hydrogen (secondary N) is 2. The first-order chi connectivity index (χ1) is 9.95. The van der Waals surface area contributed by atoms with E-state index in [-0.39, 0.29) is 17.4 Å². The summed E-state index contributed by atoms with van der Waals surface area (Å²) in [4.78, 5) is 27.0. The standard InChI is InChI=1S/C14H15ClFN3O2/c1-19(2)14(21)11(18-7-20)5-8-6-17-13-9(8)3-4-10(16)12(13)15/h3-4,6-7,11,17H,5H2,1-2H3,(H,18,20). The van der Waals surface area contributed by atoms with E-state index in [1.165, 1.54) is 11.0 Å². The Kier molecular flexibility index (Phi) is 4.47. The number of benzene rings is 1. The molecule has 0 aliphatic rings. The lowest BCUT2D eigenvalue weighted by molar-refractivity contribution is -0.132. The number of aromatic nitrogens is 1. The lowest BCUT2D eigenvalue weighted by Crippen LogP contribution is -2.44. The second kappa shape index (κ2) is 6.13. The van der Waals surface area contributed by atoms with E-state index < -0.39 is 11.9 Å². The molecule has 1 aromatic heterocycles. The Morgan fingerprint density at radius 2 is 2.24 bits per heavy atom. The molecular formula is C14H15ClFN3O2. The zero-order valence-electron chi connectivity index (χ0n) is 11.6. The van der Waals surface area contributed by atoms with Crippen LogP contribution in [-0.4, -0.2) is 42.3 Å². The van der Waals surface area contributed by atoms with Gasteiger partial charge in [0.25, 0.3) is 0 Å². The number of amides is 2. The fourth-order valence-electron chi connectivity index (χ4n) is 2.20. The highest BCUT2D eigenvalue weighted by atomic mass is 35.5. The Morgan fingerprint density at radius 1 is 1.52 bits per heavy atom. The van der Waals surface area contributed by atoms with Crippen molar-refractivity contribution in [2.75, 3.05) is 14.1 Å². The summed E-state index contributed by atoms with van der Waals surface area (Å²) in [5, 5.41) is 3.24. The van der Waals surface area contributed by atoms with Gasteiger partial charge in [-0.05, 0) is 17.7 Å². The largest absolute Gasteiger partial charge is 0.360 e. The van der Waals surface area contributed by atoms with Crippen LogP contribution in [-0.2, 0) is 16.0 Å². The zero-order chi connectivity index (χ0) is 15.6. The van der Waals surface area contributed by atoms with Crippen molar-refractivity contribution in [2.45, 2.75) is 12.5 Å². The zero-order valence-corrected chi connectivity index (χ0v) is 12.4. The predicted octanol–water partition coefficient (Wildman–Crippen LogP) is 1.71. The molecule has 0 radical (unpaired) electrons. The highest BCUT2D eigenvalue weighted by molar-refractivity contribution is 6.35. The van der Waals surface area contributed by atoms with Crippen molar-refractivity contribution in [3.63, 3.8) is 0 Å². The number of hydrogen-bond donors (Lipinski definition) is 2. The van der Waals surface area contributed by atoms with Crippen LogP contribution in [0.15, 0.2) is 18.3 Å². The Morgan fingerprint density at radius 3 is 2.86 bits per heavy atom. The third-order valence-electron chi connectivity index (χ3n) is 3.26. The Balaban J connectivity index is 2.35. The number of aromatic amines is 1. The Hall–Kier alpha value is -2.08. The molecule has 21 heavy (non-hydrogen) atoms. The van der Waals surface area contributed by atoms with Crippen molar-refractivity contribution < 1.29 is 14.0 Å². The Bertz CT molecular complexity index is 684. The monoisotopic (exact) mass is 311 g/mol. The van der Waals surface area contributed by atoms with Crippen LogP contribution in [0.4, 0.5) is 4.39 Å². The van der Waals surface area contributed by atoms with E-state index in [9.17, 15) is 14.0 Å². The molecular weight excluding hydrogens is 297 g/mol. The summed E-state index contributed by atoms with van der Waals surface area (Å²) >= 11 is 5.90. The molecule has 7 heteroatoms. The van der Waals surface area contributed by atoms with Crippen LogP contribution >= 0.6 is 11.6 Å². The number of likely N-dealkylation sites (N-methyl/N-ethyl adjacent to an activating group) is 1. The molecule has 0 aliphatic carbocycles. The van der Waals surface area contributed by atoms with E-state index in [1.807, 2.05) is 0 Å². The maximum atomic E-state index is 13.4. The topological polar surface area (TPSA) is 65.2 Å². The third kappa shape index (κ3) is 3.00. The minimum atomic E-state index is -0.680. The molecule has 1 aromatic carbocycles. The summed E-state index contributed by atoms with van der Waals surface area (Å²) in [6.07, 6.45) is 2.45. The number of halogens is 2. The van der Waals surface area contributed by atoms with Crippen molar-refractivity contribution in [3.8, 4) is 0 Å². The molecule has 2 N–H and O–H groups in total. The second-order valence-electron chi connectivity index (χ2n) is 4.87. The van der Waals surface area contributed by atoms with Gasteiger partial charge in [-0.2, -0.15) is 0 Å². The van der Waals surface area contributed by atoms with Crippen molar-refractivity contribution in [2.24, 2.45) is 0 Å². The molecule has 2 aromatic rings. The van der Waals surface area contributed by atoms with Gasteiger partial charge >= 0.3 is 0 Å². The van der Waals surface area contributed by atoms with E-state index in [0.29, 0.717) is 11.9 Å². The predicted molar refractivity (Wildman–Crippen MR) is 78.7 cm³/mol. The molecule has 0 saturated carbocycles. The van der Waals surface area contributed by atoms with Gasteiger partial charge in [-0.25, -0.2) is 4.39 Å². The molecule has 0 saturated heterocycles. The van der Waals surface area contributed by atoms with Crippen LogP contribution in [0, 0.1) is 5.82 Å². The van der Waals surface area contributed by atoms with Crippen molar-refractivity contribution in [3.05, 3.63) is 34.7 Å². The molecule has 2 rings (SSSR count). The van der Waals surface area contributed by atoms with Crippen LogP contribution < -0.4 is 5.32 Å². The van der Waals surface area contributed by atoms with Gasteiger partial charge in [0.1, 0.15) is 16.9 Å². The maximum Gasteiger partial charge on any atom is 0.244 e. The lowest BCUT2D eigenvalue weighted by Gasteiger charge is -2.19. The van der Waals surface area contributed by atoms with Crippen LogP contribution in [0.3, 0.4) is 0 Å². The van der Waals surface area contributed by atoms with Gasteiger partial charge in [0.05, 0.1) is 5.52 Å². The van der Waals surface area contributed by atoms with E-state index in [4.69, 9.17) is 11.6 Å². The van der Waals surface area contributed by atoms with E-state index >= 15 is 0 Å². The number of hydrogen-bond acceptors (Lipinski definition) is 2. The second-order valence-corrected chi connectivity index (χ2v) is 5.25. The first-order valence-corrected chi connectivity index (χ1v) is 6.68. The summed E-state index contributed by atoms with van der Waals surface area (Å²) < 4.78 is 13.4. The van der Waals surface area contributed by atoms with Crippen LogP contribution in [0.1, 0.15) is 5.56 Å². The van der Waals surface area contributed by atoms with Gasteiger partial charge < -0.3 is 15.2 Å². The first kappa shape index (κ1) is 15.3. The van der Waals surface area contributed by atoms with E-state index in [2.05, 4.69) is 10.3 Å². The SMILES string of the molecule is CN(C)C(=O)C(Cc1c[nH]c2c(Cl)c(F)ccc12)NC=O. The van der Waals surface area contributed by atoms with Crippen molar-refractivity contribution >= 4 is 34.8 Å². The smallest absolute Gasteiger partial charge is 0.244 e. The number of carbonyl (C=O) groups excluding carboxylic acids is 2. The van der Waals surface area contributed by atoms with Gasteiger partial charge in [0.15, 0.2) is 0 Å². The van der Waals surface area contributed by atoms with Gasteiger partial charge in [-0.15, -0.1) is 0 Å².